The number of carboxylic acid groups (broad SMARTS) is 1. The van der Waals surface area contributed by atoms with Crippen LogP contribution in [0, 0.1) is 13.8 Å². The van der Waals surface area contributed by atoms with Crippen LogP contribution in [0.25, 0.3) is 11.3 Å². The van der Waals surface area contributed by atoms with Gasteiger partial charge in [-0.25, -0.2) is 14.8 Å². The molecule has 0 spiro atoms. The van der Waals surface area contributed by atoms with Crippen molar-refractivity contribution in [3.63, 3.8) is 0 Å². The Hall–Kier alpha value is -2.23. The van der Waals surface area contributed by atoms with Gasteiger partial charge in [0.1, 0.15) is 5.82 Å². The van der Waals surface area contributed by atoms with Gasteiger partial charge < -0.3 is 5.11 Å². The molecule has 1 aromatic heterocycles. The lowest BCUT2D eigenvalue weighted by Crippen LogP contribution is -2.11. The molecule has 1 N–H and O–H groups in total. The topological polar surface area (TPSA) is 63.1 Å². The maximum absolute atomic E-state index is 11.2. The van der Waals surface area contributed by atoms with Gasteiger partial charge in [0.05, 0.1) is 5.69 Å². The fourth-order valence-corrected chi connectivity index (χ4v) is 2.18. The molecule has 0 atom stereocenters. The lowest BCUT2D eigenvalue weighted by molar-refractivity contribution is 0.0690. The maximum atomic E-state index is 11.2. The van der Waals surface area contributed by atoms with Crippen molar-refractivity contribution in [2.45, 2.75) is 40.0 Å². The summed E-state index contributed by atoms with van der Waals surface area (Å²) in [6, 6.07) is 7.77. The van der Waals surface area contributed by atoms with E-state index in [0.29, 0.717) is 11.5 Å². The highest BCUT2D eigenvalue weighted by atomic mass is 16.4. The number of aromatic carboxylic acids is 1. The first kappa shape index (κ1) is 15.2. The summed E-state index contributed by atoms with van der Waals surface area (Å²) >= 11 is 0. The Kier molecular flexibility index (Phi) is 3.81. The molecular weight excluding hydrogens is 264 g/mol. The molecule has 21 heavy (non-hydrogen) atoms. The average molecular weight is 284 g/mol. The van der Waals surface area contributed by atoms with Crippen molar-refractivity contribution in [3.8, 4) is 11.3 Å². The molecule has 0 amide bonds. The third-order valence-corrected chi connectivity index (χ3v) is 3.44. The lowest BCUT2D eigenvalue weighted by atomic mass is 9.85. The van der Waals surface area contributed by atoms with Crippen LogP contribution in [0.15, 0.2) is 24.3 Å². The number of rotatable bonds is 2. The normalized spacial score (nSPS) is 11.5. The fraction of sp³-hybridized carbons (Fsp3) is 0.353. The van der Waals surface area contributed by atoms with Crippen LogP contribution in [0.3, 0.4) is 0 Å². The molecule has 0 radical (unpaired) electrons. The van der Waals surface area contributed by atoms with Crippen molar-refractivity contribution in [1.29, 1.82) is 0 Å². The largest absolute Gasteiger partial charge is 0.477 e. The second kappa shape index (κ2) is 5.28. The zero-order valence-corrected chi connectivity index (χ0v) is 13.1. The second-order valence-corrected chi connectivity index (χ2v) is 6.27. The van der Waals surface area contributed by atoms with Gasteiger partial charge in [0.2, 0.25) is 0 Å². The van der Waals surface area contributed by atoms with Crippen LogP contribution in [0.1, 0.15) is 48.2 Å². The Morgan fingerprint density at radius 3 is 2.33 bits per heavy atom. The molecule has 0 aliphatic heterocycles. The Labute approximate surface area is 124 Å². The van der Waals surface area contributed by atoms with Crippen molar-refractivity contribution in [3.05, 3.63) is 46.9 Å². The minimum atomic E-state index is -1.04. The Morgan fingerprint density at radius 2 is 1.76 bits per heavy atom. The van der Waals surface area contributed by atoms with Crippen LogP contribution in [-0.2, 0) is 5.41 Å². The summed E-state index contributed by atoms with van der Waals surface area (Å²) in [7, 11) is 0. The molecule has 1 heterocycles. The highest BCUT2D eigenvalue weighted by Crippen LogP contribution is 2.29. The Morgan fingerprint density at radius 1 is 1.10 bits per heavy atom. The second-order valence-electron chi connectivity index (χ2n) is 6.27. The molecule has 0 saturated carbocycles. The third kappa shape index (κ3) is 3.27. The van der Waals surface area contributed by atoms with E-state index in [1.807, 2.05) is 13.0 Å². The molecule has 0 fully saturated rings. The van der Waals surface area contributed by atoms with Crippen LogP contribution >= 0.6 is 0 Å². The predicted molar refractivity (Wildman–Crippen MR) is 82.6 cm³/mol. The first-order valence-corrected chi connectivity index (χ1v) is 6.89. The van der Waals surface area contributed by atoms with Gasteiger partial charge in [-0.2, -0.15) is 0 Å². The first-order valence-electron chi connectivity index (χ1n) is 6.89. The monoisotopic (exact) mass is 284 g/mol. The van der Waals surface area contributed by atoms with E-state index in [9.17, 15) is 4.79 Å². The van der Waals surface area contributed by atoms with E-state index >= 15 is 0 Å². The van der Waals surface area contributed by atoms with Crippen molar-refractivity contribution < 1.29 is 9.90 Å². The third-order valence-electron chi connectivity index (χ3n) is 3.44. The smallest absolute Gasteiger partial charge is 0.354 e. The van der Waals surface area contributed by atoms with Gasteiger partial charge in [-0.3, -0.25) is 0 Å². The number of aromatic nitrogens is 2. The molecule has 0 bridgehead atoms. The summed E-state index contributed by atoms with van der Waals surface area (Å²) in [6.07, 6.45) is 0. The van der Waals surface area contributed by atoms with Crippen LogP contribution < -0.4 is 0 Å². The van der Waals surface area contributed by atoms with E-state index in [0.717, 1.165) is 11.1 Å². The summed E-state index contributed by atoms with van der Waals surface area (Å²) in [6.45, 7) is 10.2. The van der Waals surface area contributed by atoms with Gasteiger partial charge in [-0.05, 0) is 42.5 Å². The summed E-state index contributed by atoms with van der Waals surface area (Å²) in [5.74, 6) is -0.572. The van der Waals surface area contributed by atoms with Crippen LogP contribution in [-0.4, -0.2) is 21.0 Å². The zero-order chi connectivity index (χ0) is 15.8. The van der Waals surface area contributed by atoms with E-state index in [2.05, 4.69) is 42.9 Å². The number of nitrogens with zero attached hydrogens (tertiary/aromatic N) is 2. The Bertz CT molecular complexity index is 700. The van der Waals surface area contributed by atoms with E-state index < -0.39 is 5.97 Å². The lowest BCUT2D eigenvalue weighted by Gasteiger charge is -2.20. The van der Waals surface area contributed by atoms with E-state index in [4.69, 9.17) is 5.11 Å². The molecule has 4 nitrogen and oxygen atoms in total. The first-order chi connectivity index (χ1) is 9.68. The van der Waals surface area contributed by atoms with Crippen LogP contribution in [0.5, 0.6) is 0 Å². The van der Waals surface area contributed by atoms with Crippen LogP contribution in [0.4, 0.5) is 0 Å². The number of hydrogen-bond donors (Lipinski definition) is 1. The number of carbonyl (C=O) groups is 1. The number of aryl methyl sites for hydroxylation is 2. The SMILES string of the molecule is Cc1nc(C(=O)O)cc(-c2cc(C(C)(C)C)ccc2C)n1. The highest BCUT2D eigenvalue weighted by Gasteiger charge is 2.17. The quantitative estimate of drug-likeness (QED) is 0.912. The van der Waals surface area contributed by atoms with Gasteiger partial charge in [-0.15, -0.1) is 0 Å². The highest BCUT2D eigenvalue weighted by molar-refractivity contribution is 5.86. The molecular formula is C17H20N2O2. The van der Waals surface area contributed by atoms with E-state index in [1.165, 1.54) is 11.6 Å². The Balaban J connectivity index is 2.64. The zero-order valence-electron chi connectivity index (χ0n) is 13.1. The molecule has 0 aliphatic carbocycles. The molecule has 2 aromatic rings. The minimum Gasteiger partial charge on any atom is -0.477 e. The van der Waals surface area contributed by atoms with Crippen molar-refractivity contribution >= 4 is 5.97 Å². The van der Waals surface area contributed by atoms with Gasteiger partial charge in [0.15, 0.2) is 5.69 Å². The molecule has 0 saturated heterocycles. The van der Waals surface area contributed by atoms with Crippen molar-refractivity contribution in [2.75, 3.05) is 0 Å². The maximum Gasteiger partial charge on any atom is 0.354 e. The predicted octanol–water partition coefficient (Wildman–Crippen LogP) is 3.76. The number of carboxylic acids is 1. The molecule has 110 valence electrons. The molecule has 0 aliphatic rings. The molecule has 0 unspecified atom stereocenters. The molecule has 1 aromatic carbocycles. The number of hydrogen-bond acceptors (Lipinski definition) is 3. The average Bonchev–Trinajstić information content (AvgIpc) is 2.37. The van der Waals surface area contributed by atoms with E-state index in [1.54, 1.807) is 6.92 Å². The number of benzene rings is 1. The summed E-state index contributed by atoms with van der Waals surface area (Å²) in [5, 5.41) is 9.14. The summed E-state index contributed by atoms with van der Waals surface area (Å²) in [5.41, 5.74) is 3.92. The molecule has 4 heteroatoms. The van der Waals surface area contributed by atoms with Crippen molar-refractivity contribution in [1.82, 2.24) is 9.97 Å². The standard InChI is InChI=1S/C17H20N2O2/c1-10-6-7-12(17(3,4)5)8-13(10)14-9-15(16(20)21)19-11(2)18-14/h6-9H,1-5H3,(H,20,21). The van der Waals surface area contributed by atoms with Gasteiger partial charge in [0, 0.05) is 5.56 Å². The van der Waals surface area contributed by atoms with E-state index in [-0.39, 0.29) is 11.1 Å². The van der Waals surface area contributed by atoms with Gasteiger partial charge >= 0.3 is 5.97 Å². The van der Waals surface area contributed by atoms with Crippen LogP contribution in [0.2, 0.25) is 0 Å². The molecule has 2 rings (SSSR count). The van der Waals surface area contributed by atoms with Gasteiger partial charge in [-0.1, -0.05) is 32.9 Å². The summed E-state index contributed by atoms with van der Waals surface area (Å²) in [4.78, 5) is 19.5. The minimum absolute atomic E-state index is 0.0260. The van der Waals surface area contributed by atoms with Gasteiger partial charge in [0.25, 0.3) is 0 Å². The van der Waals surface area contributed by atoms with Crippen molar-refractivity contribution in [2.24, 2.45) is 0 Å². The summed E-state index contributed by atoms with van der Waals surface area (Å²) < 4.78 is 0. The fourth-order valence-electron chi connectivity index (χ4n) is 2.18.